The summed E-state index contributed by atoms with van der Waals surface area (Å²) in [5, 5.41) is 0. The largest absolute Gasteiger partial charge is 0.271 e. The molecule has 0 fully saturated rings. The molecule has 76 valence electrons. The number of hydrogen-bond donors (Lipinski definition) is 2. The van der Waals surface area contributed by atoms with Gasteiger partial charge in [0.2, 0.25) is 0 Å². The van der Waals surface area contributed by atoms with E-state index < -0.39 is 0 Å². The predicted octanol–water partition coefficient (Wildman–Crippen LogP) is 2.53. The minimum Gasteiger partial charge on any atom is -0.271 e. The molecule has 0 aromatic heterocycles. The number of nitrogens with two attached hydrogens (primary N) is 1. The lowest BCUT2D eigenvalue weighted by atomic mass is 10.1. The summed E-state index contributed by atoms with van der Waals surface area (Å²) in [6, 6.07) is 0.404. The molecule has 0 aliphatic carbocycles. The van der Waals surface area contributed by atoms with Gasteiger partial charge in [0, 0.05) is 6.04 Å². The van der Waals surface area contributed by atoms with Gasteiger partial charge in [-0.15, -0.1) is 13.2 Å². The summed E-state index contributed by atoms with van der Waals surface area (Å²) in [7, 11) is 0. The first kappa shape index (κ1) is 12.4. The first-order chi connectivity index (χ1) is 6.35. The van der Waals surface area contributed by atoms with Gasteiger partial charge in [0.05, 0.1) is 0 Å². The fourth-order valence-electron chi connectivity index (χ4n) is 1.33. The molecule has 13 heavy (non-hydrogen) atoms. The standard InChI is InChI=1S/C11H22N2/c1-3-5-6-7-8-10-11(13-12)9-4-2/h3-4,11,13H,1-2,5-10,12H2. The highest BCUT2D eigenvalue weighted by molar-refractivity contribution is 4.76. The summed E-state index contributed by atoms with van der Waals surface area (Å²) in [4.78, 5) is 0. The van der Waals surface area contributed by atoms with Gasteiger partial charge in [-0.2, -0.15) is 0 Å². The Morgan fingerprint density at radius 1 is 1.15 bits per heavy atom. The summed E-state index contributed by atoms with van der Waals surface area (Å²) >= 11 is 0. The molecule has 0 saturated heterocycles. The summed E-state index contributed by atoms with van der Waals surface area (Å²) in [5.74, 6) is 5.39. The van der Waals surface area contributed by atoms with Crippen molar-refractivity contribution in [1.29, 1.82) is 0 Å². The molecular formula is C11H22N2. The molecule has 0 heterocycles. The van der Waals surface area contributed by atoms with Gasteiger partial charge in [-0.1, -0.05) is 25.0 Å². The van der Waals surface area contributed by atoms with E-state index in [4.69, 9.17) is 5.84 Å². The second kappa shape index (κ2) is 9.49. The Kier molecular flexibility index (Phi) is 9.05. The van der Waals surface area contributed by atoms with Crippen molar-refractivity contribution in [3.8, 4) is 0 Å². The van der Waals surface area contributed by atoms with Crippen molar-refractivity contribution >= 4 is 0 Å². The molecule has 2 heteroatoms. The number of rotatable bonds is 9. The van der Waals surface area contributed by atoms with Gasteiger partial charge in [-0.25, -0.2) is 0 Å². The monoisotopic (exact) mass is 182 g/mol. The third-order valence-corrected chi connectivity index (χ3v) is 2.15. The second-order valence-corrected chi connectivity index (χ2v) is 3.31. The molecule has 0 spiro atoms. The van der Waals surface area contributed by atoms with Crippen LogP contribution in [0.5, 0.6) is 0 Å². The van der Waals surface area contributed by atoms with E-state index in [0.717, 1.165) is 19.3 Å². The molecule has 0 aliphatic heterocycles. The van der Waals surface area contributed by atoms with Gasteiger partial charge in [0.15, 0.2) is 0 Å². The van der Waals surface area contributed by atoms with Crippen molar-refractivity contribution < 1.29 is 0 Å². The second-order valence-electron chi connectivity index (χ2n) is 3.31. The van der Waals surface area contributed by atoms with Crippen LogP contribution in [0.3, 0.4) is 0 Å². The molecular weight excluding hydrogens is 160 g/mol. The van der Waals surface area contributed by atoms with Gasteiger partial charge in [0.1, 0.15) is 0 Å². The number of unbranched alkanes of at least 4 members (excludes halogenated alkanes) is 3. The van der Waals surface area contributed by atoms with Crippen LogP contribution >= 0.6 is 0 Å². The maximum Gasteiger partial charge on any atom is 0.0244 e. The lowest BCUT2D eigenvalue weighted by Crippen LogP contribution is -2.34. The molecule has 1 unspecified atom stereocenters. The first-order valence-corrected chi connectivity index (χ1v) is 5.03. The van der Waals surface area contributed by atoms with E-state index >= 15 is 0 Å². The van der Waals surface area contributed by atoms with Crippen molar-refractivity contribution in [2.45, 2.75) is 44.6 Å². The summed E-state index contributed by atoms with van der Waals surface area (Å²) < 4.78 is 0. The van der Waals surface area contributed by atoms with Crippen LogP contribution in [0.15, 0.2) is 25.3 Å². The average Bonchev–Trinajstić information content (AvgIpc) is 2.16. The Hall–Kier alpha value is -0.600. The van der Waals surface area contributed by atoms with Crippen LogP contribution < -0.4 is 11.3 Å². The third-order valence-electron chi connectivity index (χ3n) is 2.15. The molecule has 0 aromatic carbocycles. The fraction of sp³-hybridized carbons (Fsp3) is 0.636. The minimum atomic E-state index is 0.404. The van der Waals surface area contributed by atoms with Crippen molar-refractivity contribution in [2.24, 2.45) is 5.84 Å². The van der Waals surface area contributed by atoms with E-state index in [-0.39, 0.29) is 0 Å². The summed E-state index contributed by atoms with van der Waals surface area (Å²) in [5.41, 5.74) is 2.80. The van der Waals surface area contributed by atoms with Crippen LogP contribution in [0.2, 0.25) is 0 Å². The van der Waals surface area contributed by atoms with Crippen LogP contribution in [0.4, 0.5) is 0 Å². The Balaban J connectivity index is 3.26. The van der Waals surface area contributed by atoms with Crippen molar-refractivity contribution in [1.82, 2.24) is 5.43 Å². The molecule has 0 bridgehead atoms. The number of hydrazine groups is 1. The predicted molar refractivity (Wildman–Crippen MR) is 59.2 cm³/mol. The van der Waals surface area contributed by atoms with Crippen LogP contribution in [0.1, 0.15) is 38.5 Å². The Morgan fingerprint density at radius 2 is 1.92 bits per heavy atom. The topological polar surface area (TPSA) is 38.0 Å². The molecule has 3 N–H and O–H groups in total. The van der Waals surface area contributed by atoms with E-state index in [2.05, 4.69) is 18.6 Å². The van der Waals surface area contributed by atoms with Gasteiger partial charge < -0.3 is 0 Å². The average molecular weight is 182 g/mol. The van der Waals surface area contributed by atoms with E-state index in [1.54, 1.807) is 0 Å². The Morgan fingerprint density at radius 3 is 2.46 bits per heavy atom. The van der Waals surface area contributed by atoms with Gasteiger partial charge in [-0.3, -0.25) is 11.3 Å². The highest BCUT2D eigenvalue weighted by Gasteiger charge is 2.02. The fourth-order valence-corrected chi connectivity index (χ4v) is 1.33. The molecule has 1 atom stereocenters. The smallest absolute Gasteiger partial charge is 0.0244 e. The number of nitrogens with one attached hydrogen (secondary N) is 1. The molecule has 0 saturated carbocycles. The van der Waals surface area contributed by atoms with Crippen molar-refractivity contribution in [3.05, 3.63) is 25.3 Å². The number of hydrogen-bond acceptors (Lipinski definition) is 2. The summed E-state index contributed by atoms with van der Waals surface area (Å²) in [6.45, 7) is 7.39. The zero-order valence-electron chi connectivity index (χ0n) is 8.47. The number of allylic oxidation sites excluding steroid dienone is 1. The zero-order chi connectivity index (χ0) is 9.94. The van der Waals surface area contributed by atoms with Crippen molar-refractivity contribution in [2.75, 3.05) is 0 Å². The van der Waals surface area contributed by atoms with Crippen LogP contribution in [-0.2, 0) is 0 Å². The summed E-state index contributed by atoms with van der Waals surface area (Å²) in [6.07, 6.45) is 10.9. The molecule has 0 amide bonds. The normalized spacial score (nSPS) is 12.4. The molecule has 2 nitrogen and oxygen atoms in total. The quantitative estimate of drug-likeness (QED) is 0.249. The molecule has 0 radical (unpaired) electrons. The van der Waals surface area contributed by atoms with Crippen LogP contribution in [0, 0.1) is 0 Å². The van der Waals surface area contributed by atoms with E-state index in [9.17, 15) is 0 Å². The van der Waals surface area contributed by atoms with Crippen molar-refractivity contribution in [3.63, 3.8) is 0 Å². The van der Waals surface area contributed by atoms with Crippen LogP contribution in [0.25, 0.3) is 0 Å². The third kappa shape index (κ3) is 7.75. The first-order valence-electron chi connectivity index (χ1n) is 5.03. The minimum absolute atomic E-state index is 0.404. The Labute approximate surface area is 81.9 Å². The molecule has 0 rings (SSSR count). The van der Waals surface area contributed by atoms with Gasteiger partial charge in [-0.05, 0) is 25.7 Å². The van der Waals surface area contributed by atoms with E-state index in [0.29, 0.717) is 6.04 Å². The molecule has 0 aliphatic rings. The highest BCUT2D eigenvalue weighted by Crippen LogP contribution is 2.07. The van der Waals surface area contributed by atoms with Gasteiger partial charge in [0.25, 0.3) is 0 Å². The van der Waals surface area contributed by atoms with E-state index in [1.807, 2.05) is 12.2 Å². The highest BCUT2D eigenvalue weighted by atomic mass is 15.2. The van der Waals surface area contributed by atoms with E-state index in [1.165, 1.54) is 19.3 Å². The molecule has 0 aromatic rings. The van der Waals surface area contributed by atoms with Crippen LogP contribution in [-0.4, -0.2) is 6.04 Å². The van der Waals surface area contributed by atoms with Gasteiger partial charge >= 0.3 is 0 Å². The Bertz CT molecular complexity index is 132. The lowest BCUT2D eigenvalue weighted by molar-refractivity contribution is 0.470. The zero-order valence-corrected chi connectivity index (χ0v) is 8.47. The SMILES string of the molecule is C=CCCCCCC(CC=C)NN. The maximum atomic E-state index is 5.39. The lowest BCUT2D eigenvalue weighted by Gasteiger charge is -2.12. The maximum absolute atomic E-state index is 5.39.